The van der Waals surface area contributed by atoms with Crippen molar-refractivity contribution in [2.24, 2.45) is 0 Å². The fourth-order valence-electron chi connectivity index (χ4n) is 3.70. The van der Waals surface area contributed by atoms with E-state index in [1.165, 1.54) is 0 Å². The number of rotatable bonds is 4. The Morgan fingerprint density at radius 2 is 2.20 bits per heavy atom. The number of likely N-dealkylation sites (tertiary alicyclic amines) is 1. The predicted octanol–water partition coefficient (Wildman–Crippen LogP) is 2.67. The summed E-state index contributed by atoms with van der Waals surface area (Å²) in [6.45, 7) is 1.72. The van der Waals surface area contributed by atoms with Gasteiger partial charge in [0, 0.05) is 36.0 Å². The summed E-state index contributed by atoms with van der Waals surface area (Å²) in [7, 11) is 0. The minimum atomic E-state index is 0.0440. The molecule has 1 aliphatic heterocycles. The standard InChI is InChI=1S/C19H19N5O/c20-8-12-22-14-17(16-6-1-2-7-18(16)22)19(25)24-11-3-5-15(24)13-23-10-4-9-21-23/h1-2,4,6-7,9-10,14-15H,3,5,11-13H2/t15-/m0/s1. The largest absolute Gasteiger partial charge is 0.334 e. The molecule has 0 N–H and O–H groups in total. The zero-order valence-corrected chi connectivity index (χ0v) is 13.9. The van der Waals surface area contributed by atoms with Gasteiger partial charge >= 0.3 is 0 Å². The van der Waals surface area contributed by atoms with Crippen LogP contribution in [0.25, 0.3) is 10.9 Å². The van der Waals surface area contributed by atoms with Gasteiger partial charge in [0.25, 0.3) is 5.91 Å². The van der Waals surface area contributed by atoms with Crippen LogP contribution in [0.1, 0.15) is 23.2 Å². The molecule has 0 aliphatic carbocycles. The maximum atomic E-state index is 13.2. The molecule has 6 heteroatoms. The number of hydrogen-bond acceptors (Lipinski definition) is 3. The highest BCUT2D eigenvalue weighted by molar-refractivity contribution is 6.07. The molecule has 0 radical (unpaired) electrons. The van der Waals surface area contributed by atoms with E-state index in [1.807, 2.05) is 56.9 Å². The highest BCUT2D eigenvalue weighted by Crippen LogP contribution is 2.27. The molecule has 3 heterocycles. The quantitative estimate of drug-likeness (QED) is 0.737. The first kappa shape index (κ1) is 15.5. The van der Waals surface area contributed by atoms with Crippen molar-refractivity contribution in [1.29, 1.82) is 5.26 Å². The van der Waals surface area contributed by atoms with Crippen LogP contribution in [0.15, 0.2) is 48.9 Å². The molecule has 1 aliphatic rings. The van der Waals surface area contributed by atoms with E-state index in [9.17, 15) is 4.79 Å². The van der Waals surface area contributed by atoms with Crippen LogP contribution in [0.2, 0.25) is 0 Å². The fourth-order valence-corrected chi connectivity index (χ4v) is 3.70. The summed E-state index contributed by atoms with van der Waals surface area (Å²) in [5, 5.41) is 14.2. The van der Waals surface area contributed by atoms with Gasteiger partial charge in [0.2, 0.25) is 0 Å². The Labute approximate surface area is 145 Å². The van der Waals surface area contributed by atoms with E-state index >= 15 is 0 Å². The van der Waals surface area contributed by atoms with Crippen LogP contribution in [0, 0.1) is 11.3 Å². The second-order valence-corrected chi connectivity index (χ2v) is 6.37. The Morgan fingerprint density at radius 3 is 3.00 bits per heavy atom. The SMILES string of the molecule is N#CCn1cc(C(=O)N2CCC[C@H]2Cn2cccn2)c2ccccc21. The van der Waals surface area contributed by atoms with Gasteiger partial charge in [-0.15, -0.1) is 0 Å². The first-order chi connectivity index (χ1) is 12.3. The number of para-hydroxylation sites is 1. The zero-order valence-electron chi connectivity index (χ0n) is 13.9. The molecule has 2 aromatic heterocycles. The van der Waals surface area contributed by atoms with Crippen LogP contribution < -0.4 is 0 Å². The van der Waals surface area contributed by atoms with E-state index in [4.69, 9.17) is 5.26 Å². The highest BCUT2D eigenvalue weighted by Gasteiger charge is 2.31. The summed E-state index contributed by atoms with van der Waals surface area (Å²) in [5.41, 5.74) is 1.61. The summed E-state index contributed by atoms with van der Waals surface area (Å²) in [6.07, 6.45) is 7.51. The number of hydrogen-bond donors (Lipinski definition) is 0. The lowest BCUT2D eigenvalue weighted by molar-refractivity contribution is 0.0723. The molecule has 1 amide bonds. The third-order valence-electron chi connectivity index (χ3n) is 4.86. The maximum absolute atomic E-state index is 13.2. The second kappa shape index (κ2) is 6.44. The van der Waals surface area contributed by atoms with Gasteiger partial charge in [0.15, 0.2) is 0 Å². The minimum Gasteiger partial charge on any atom is -0.334 e. The minimum absolute atomic E-state index is 0.0440. The van der Waals surface area contributed by atoms with E-state index in [2.05, 4.69) is 11.2 Å². The number of benzene rings is 1. The monoisotopic (exact) mass is 333 g/mol. The molecule has 126 valence electrons. The topological polar surface area (TPSA) is 66.8 Å². The fraction of sp³-hybridized carbons (Fsp3) is 0.316. The number of carbonyl (C=O) groups is 1. The normalized spacial score (nSPS) is 17.1. The van der Waals surface area contributed by atoms with Crippen molar-refractivity contribution in [3.63, 3.8) is 0 Å². The summed E-state index contributed by atoms with van der Waals surface area (Å²) >= 11 is 0. The van der Waals surface area contributed by atoms with Crippen LogP contribution in [0.3, 0.4) is 0 Å². The van der Waals surface area contributed by atoms with Gasteiger partial charge in [0.05, 0.1) is 24.2 Å². The molecule has 1 saturated heterocycles. The van der Waals surface area contributed by atoms with Crippen LogP contribution >= 0.6 is 0 Å². The molecule has 0 unspecified atom stereocenters. The third-order valence-corrected chi connectivity index (χ3v) is 4.86. The number of nitriles is 1. The molecule has 6 nitrogen and oxygen atoms in total. The first-order valence-corrected chi connectivity index (χ1v) is 8.51. The maximum Gasteiger partial charge on any atom is 0.256 e. The summed E-state index contributed by atoms with van der Waals surface area (Å²) < 4.78 is 3.73. The lowest BCUT2D eigenvalue weighted by Crippen LogP contribution is -2.38. The smallest absolute Gasteiger partial charge is 0.256 e. The third kappa shape index (κ3) is 2.78. The summed E-state index contributed by atoms with van der Waals surface area (Å²) in [5.74, 6) is 0.0440. The Balaban J connectivity index is 1.66. The van der Waals surface area contributed by atoms with Crippen molar-refractivity contribution in [2.45, 2.75) is 32.0 Å². The Kier molecular flexibility index (Phi) is 3.98. The molecule has 3 aromatic rings. The number of carbonyl (C=O) groups excluding carboxylic acids is 1. The van der Waals surface area contributed by atoms with Gasteiger partial charge < -0.3 is 9.47 Å². The zero-order chi connectivity index (χ0) is 17.2. The molecular weight excluding hydrogens is 314 g/mol. The van der Waals surface area contributed by atoms with Crippen LogP contribution in [0.4, 0.5) is 0 Å². The van der Waals surface area contributed by atoms with Gasteiger partial charge in [-0.05, 0) is 25.0 Å². The van der Waals surface area contributed by atoms with Gasteiger partial charge in [-0.2, -0.15) is 10.4 Å². The molecule has 0 bridgehead atoms. The van der Waals surface area contributed by atoms with Crippen molar-refractivity contribution in [3.05, 3.63) is 54.5 Å². The van der Waals surface area contributed by atoms with Crippen molar-refractivity contribution in [3.8, 4) is 6.07 Å². The van der Waals surface area contributed by atoms with Crippen LogP contribution in [-0.4, -0.2) is 37.7 Å². The average Bonchev–Trinajstić information content (AvgIpc) is 3.36. The van der Waals surface area contributed by atoms with Crippen LogP contribution in [-0.2, 0) is 13.1 Å². The summed E-state index contributed by atoms with van der Waals surface area (Å²) in [4.78, 5) is 15.2. The first-order valence-electron chi connectivity index (χ1n) is 8.51. The molecule has 25 heavy (non-hydrogen) atoms. The molecule has 1 atom stereocenters. The lowest BCUT2D eigenvalue weighted by atomic mass is 10.1. The van der Waals surface area contributed by atoms with Gasteiger partial charge in [-0.1, -0.05) is 18.2 Å². The highest BCUT2D eigenvalue weighted by atomic mass is 16.2. The molecule has 1 aromatic carbocycles. The number of aromatic nitrogens is 3. The molecule has 4 rings (SSSR count). The summed E-state index contributed by atoms with van der Waals surface area (Å²) in [6, 6.07) is 12.0. The Morgan fingerprint density at radius 1 is 1.32 bits per heavy atom. The number of fused-ring (bicyclic) bond motifs is 1. The van der Waals surface area contributed by atoms with Gasteiger partial charge in [0.1, 0.15) is 6.54 Å². The Bertz CT molecular complexity index is 935. The lowest BCUT2D eigenvalue weighted by Gasteiger charge is -2.24. The molecule has 0 saturated carbocycles. The average molecular weight is 333 g/mol. The predicted molar refractivity (Wildman–Crippen MR) is 93.8 cm³/mol. The van der Waals surface area contributed by atoms with Crippen molar-refractivity contribution in [1.82, 2.24) is 19.2 Å². The van der Waals surface area contributed by atoms with E-state index in [0.29, 0.717) is 5.56 Å². The van der Waals surface area contributed by atoms with E-state index in [0.717, 1.165) is 36.8 Å². The van der Waals surface area contributed by atoms with Crippen molar-refractivity contribution >= 4 is 16.8 Å². The number of amides is 1. The second-order valence-electron chi connectivity index (χ2n) is 6.37. The number of nitrogens with zero attached hydrogens (tertiary/aromatic N) is 5. The van der Waals surface area contributed by atoms with E-state index < -0.39 is 0 Å². The van der Waals surface area contributed by atoms with Crippen molar-refractivity contribution < 1.29 is 4.79 Å². The molecular formula is C19H19N5O. The van der Waals surface area contributed by atoms with Gasteiger partial charge in [-0.25, -0.2) is 0 Å². The van der Waals surface area contributed by atoms with Crippen molar-refractivity contribution in [2.75, 3.05) is 6.54 Å². The van der Waals surface area contributed by atoms with E-state index in [1.54, 1.807) is 6.20 Å². The van der Waals surface area contributed by atoms with E-state index in [-0.39, 0.29) is 18.5 Å². The van der Waals surface area contributed by atoms with Crippen LogP contribution in [0.5, 0.6) is 0 Å². The van der Waals surface area contributed by atoms with Gasteiger partial charge in [-0.3, -0.25) is 9.48 Å². The molecule has 0 spiro atoms. The molecule has 1 fully saturated rings. The Hall–Kier alpha value is -3.07.